The summed E-state index contributed by atoms with van der Waals surface area (Å²) in [5.74, 6) is -0.459. The van der Waals surface area contributed by atoms with Crippen LogP contribution in [0.1, 0.15) is 33.6 Å². The average molecular weight is 418 g/mol. The van der Waals surface area contributed by atoms with Crippen molar-refractivity contribution in [2.24, 2.45) is 0 Å². The fourth-order valence-electron chi connectivity index (χ4n) is 3.67. The topological polar surface area (TPSA) is 57.8 Å². The molecule has 1 aromatic heterocycles. The number of aromatic nitrogens is 1. The molecule has 30 heavy (non-hydrogen) atoms. The molecule has 0 aliphatic rings. The highest BCUT2D eigenvalue weighted by Crippen LogP contribution is 2.28. The van der Waals surface area contributed by atoms with Crippen LogP contribution in [0.5, 0.6) is 0 Å². The first kappa shape index (κ1) is 21.4. The van der Waals surface area contributed by atoms with Crippen LogP contribution < -0.4 is 5.32 Å². The molecule has 5 heteroatoms. The number of amides is 1. The Balaban J connectivity index is 2.00. The highest BCUT2D eigenvalue weighted by atomic mass is 35.5. The highest BCUT2D eigenvalue weighted by Gasteiger charge is 2.16. The normalized spacial score (nSPS) is 11.3. The van der Waals surface area contributed by atoms with Gasteiger partial charge in [0.25, 0.3) is 5.91 Å². The Kier molecular flexibility index (Phi) is 6.14. The number of nitrogens with zero attached hydrogens (tertiary/aromatic N) is 2. The van der Waals surface area contributed by atoms with Crippen LogP contribution in [0.15, 0.2) is 48.0 Å². The second kappa shape index (κ2) is 8.61. The van der Waals surface area contributed by atoms with Gasteiger partial charge < -0.3 is 9.88 Å². The van der Waals surface area contributed by atoms with Crippen LogP contribution in [0.2, 0.25) is 5.02 Å². The maximum Gasteiger partial charge on any atom is 0.266 e. The molecule has 3 rings (SSSR count). The predicted molar refractivity (Wildman–Crippen MR) is 123 cm³/mol. The SMILES string of the molecule is Cc1cccc(C)c1-n1c(C)cc(/C=C(/C#N)C(=O)Nc2cccc(Cl)c2C)c1C. The van der Waals surface area contributed by atoms with E-state index in [0.717, 1.165) is 28.2 Å². The van der Waals surface area contributed by atoms with Gasteiger partial charge in [0.2, 0.25) is 0 Å². The number of benzene rings is 2. The van der Waals surface area contributed by atoms with Crippen LogP contribution in [0.3, 0.4) is 0 Å². The molecule has 0 saturated carbocycles. The Morgan fingerprint density at radius 3 is 2.33 bits per heavy atom. The molecule has 1 amide bonds. The van der Waals surface area contributed by atoms with Gasteiger partial charge in [-0.2, -0.15) is 5.26 Å². The molecular weight excluding hydrogens is 394 g/mol. The van der Waals surface area contributed by atoms with Crippen LogP contribution in [-0.2, 0) is 4.79 Å². The van der Waals surface area contributed by atoms with Gasteiger partial charge >= 0.3 is 0 Å². The Labute approximate surface area is 182 Å². The zero-order valence-electron chi connectivity index (χ0n) is 17.8. The molecule has 0 fully saturated rings. The highest BCUT2D eigenvalue weighted by molar-refractivity contribution is 6.31. The first-order valence-corrected chi connectivity index (χ1v) is 10.1. The lowest BCUT2D eigenvalue weighted by Gasteiger charge is -2.15. The van der Waals surface area contributed by atoms with E-state index in [1.165, 1.54) is 11.1 Å². The van der Waals surface area contributed by atoms with E-state index < -0.39 is 5.91 Å². The molecule has 152 valence electrons. The zero-order chi connectivity index (χ0) is 22.0. The summed E-state index contributed by atoms with van der Waals surface area (Å²) in [6.45, 7) is 10.0. The molecule has 1 heterocycles. The van der Waals surface area contributed by atoms with E-state index in [9.17, 15) is 10.1 Å². The van der Waals surface area contributed by atoms with Gasteiger partial charge in [0, 0.05) is 22.1 Å². The Morgan fingerprint density at radius 2 is 1.70 bits per heavy atom. The van der Waals surface area contributed by atoms with Gasteiger partial charge in [0.15, 0.2) is 0 Å². The van der Waals surface area contributed by atoms with E-state index >= 15 is 0 Å². The minimum absolute atomic E-state index is 0.0381. The number of halogens is 1. The summed E-state index contributed by atoms with van der Waals surface area (Å²) in [6, 6.07) is 15.5. The molecule has 0 aliphatic carbocycles. The summed E-state index contributed by atoms with van der Waals surface area (Å²) in [5, 5.41) is 13.0. The number of aryl methyl sites for hydroxylation is 3. The Morgan fingerprint density at radius 1 is 1.07 bits per heavy atom. The third kappa shape index (κ3) is 4.03. The van der Waals surface area contributed by atoms with Crippen LogP contribution in [0, 0.1) is 45.9 Å². The lowest BCUT2D eigenvalue weighted by Crippen LogP contribution is -2.14. The second-order valence-electron chi connectivity index (χ2n) is 7.44. The third-order valence-corrected chi connectivity index (χ3v) is 5.72. The largest absolute Gasteiger partial charge is 0.321 e. The second-order valence-corrected chi connectivity index (χ2v) is 7.85. The molecule has 0 radical (unpaired) electrons. The number of para-hydroxylation sites is 1. The van der Waals surface area contributed by atoms with Crippen molar-refractivity contribution in [2.45, 2.75) is 34.6 Å². The third-order valence-electron chi connectivity index (χ3n) is 5.31. The number of carbonyl (C=O) groups is 1. The van der Waals surface area contributed by atoms with Crippen LogP contribution in [0.25, 0.3) is 11.8 Å². The quantitative estimate of drug-likeness (QED) is 0.404. The molecule has 3 aromatic rings. The molecule has 0 saturated heterocycles. The minimum Gasteiger partial charge on any atom is -0.321 e. The van der Waals surface area contributed by atoms with Crippen molar-refractivity contribution in [2.75, 3.05) is 5.32 Å². The van der Waals surface area contributed by atoms with E-state index in [2.05, 4.69) is 35.9 Å². The summed E-state index contributed by atoms with van der Waals surface area (Å²) in [7, 11) is 0. The number of hydrogen-bond acceptors (Lipinski definition) is 2. The van der Waals surface area contributed by atoms with Crippen LogP contribution in [-0.4, -0.2) is 10.5 Å². The van der Waals surface area contributed by atoms with Gasteiger partial charge in [0.1, 0.15) is 11.6 Å². The summed E-state index contributed by atoms with van der Waals surface area (Å²) < 4.78 is 2.17. The predicted octanol–water partition coefficient (Wildman–Crippen LogP) is 6.22. The maximum atomic E-state index is 12.7. The lowest BCUT2D eigenvalue weighted by molar-refractivity contribution is -0.112. The van der Waals surface area contributed by atoms with Crippen molar-refractivity contribution < 1.29 is 4.79 Å². The number of nitrogens with one attached hydrogen (secondary N) is 1. The van der Waals surface area contributed by atoms with Crippen molar-refractivity contribution in [1.82, 2.24) is 4.57 Å². The molecular formula is C25H24ClN3O. The van der Waals surface area contributed by atoms with Gasteiger partial charge in [-0.05, 0) is 81.1 Å². The molecule has 0 spiro atoms. The lowest BCUT2D eigenvalue weighted by atomic mass is 10.1. The van der Waals surface area contributed by atoms with Crippen molar-refractivity contribution in [3.8, 4) is 11.8 Å². The summed E-state index contributed by atoms with van der Waals surface area (Å²) in [6.07, 6.45) is 1.64. The van der Waals surface area contributed by atoms with Gasteiger partial charge in [0.05, 0.1) is 5.69 Å². The first-order valence-electron chi connectivity index (χ1n) is 9.68. The van der Waals surface area contributed by atoms with Gasteiger partial charge in [-0.1, -0.05) is 35.9 Å². The van der Waals surface area contributed by atoms with Gasteiger partial charge in [-0.25, -0.2) is 0 Å². The first-order chi connectivity index (χ1) is 14.2. The number of carbonyl (C=O) groups excluding carboxylic acids is 1. The van der Waals surface area contributed by atoms with Gasteiger partial charge in [-0.15, -0.1) is 0 Å². The van der Waals surface area contributed by atoms with Crippen molar-refractivity contribution in [1.29, 1.82) is 5.26 Å². The number of nitriles is 1. The monoisotopic (exact) mass is 417 g/mol. The number of hydrogen-bond donors (Lipinski definition) is 1. The average Bonchev–Trinajstić information content (AvgIpc) is 2.97. The van der Waals surface area contributed by atoms with E-state index in [1.54, 1.807) is 24.3 Å². The van der Waals surface area contributed by atoms with Crippen molar-refractivity contribution >= 4 is 29.3 Å². The fourth-order valence-corrected chi connectivity index (χ4v) is 3.85. The molecule has 1 N–H and O–H groups in total. The Hall–Kier alpha value is -3.29. The molecule has 0 aliphatic heterocycles. The smallest absolute Gasteiger partial charge is 0.266 e. The summed E-state index contributed by atoms with van der Waals surface area (Å²) in [5.41, 5.74) is 7.71. The van der Waals surface area contributed by atoms with E-state index in [4.69, 9.17) is 11.6 Å². The van der Waals surface area contributed by atoms with E-state index in [0.29, 0.717) is 10.7 Å². The van der Waals surface area contributed by atoms with E-state index in [-0.39, 0.29) is 5.57 Å². The summed E-state index contributed by atoms with van der Waals surface area (Å²) in [4.78, 5) is 12.7. The molecule has 0 atom stereocenters. The van der Waals surface area contributed by atoms with E-state index in [1.807, 2.05) is 39.0 Å². The zero-order valence-corrected chi connectivity index (χ0v) is 18.6. The standard InChI is InChI=1S/C25H24ClN3O/c1-15-8-6-9-16(2)24(15)29-17(3)12-20(19(29)5)13-21(14-27)25(30)28-23-11-7-10-22(26)18(23)4/h6-13H,1-5H3,(H,28,30)/b21-13-. The number of rotatable bonds is 4. The number of anilines is 1. The van der Waals surface area contributed by atoms with Crippen LogP contribution in [0.4, 0.5) is 5.69 Å². The fraction of sp³-hybridized carbons (Fsp3) is 0.200. The van der Waals surface area contributed by atoms with Crippen molar-refractivity contribution in [3.63, 3.8) is 0 Å². The minimum atomic E-state index is -0.459. The molecule has 0 bridgehead atoms. The molecule has 2 aromatic carbocycles. The maximum absolute atomic E-state index is 12.7. The van der Waals surface area contributed by atoms with Crippen molar-refractivity contribution in [3.05, 3.63) is 86.7 Å². The van der Waals surface area contributed by atoms with Crippen LogP contribution >= 0.6 is 11.6 Å². The Bertz CT molecular complexity index is 1190. The van der Waals surface area contributed by atoms with Gasteiger partial charge in [-0.3, -0.25) is 4.79 Å². The molecule has 4 nitrogen and oxygen atoms in total. The molecule has 0 unspecified atom stereocenters. The summed E-state index contributed by atoms with van der Waals surface area (Å²) >= 11 is 6.13.